The fourth-order valence-electron chi connectivity index (χ4n) is 0.595. The topological polar surface area (TPSA) is 66.4 Å². The highest BCUT2D eigenvalue weighted by atomic mass is 32.2. The molecule has 72 valence electrons. The molecule has 0 spiro atoms. The average Bonchev–Trinajstić information content (AvgIpc) is 1.80. The monoisotopic (exact) mass is 209 g/mol. The zero-order valence-electron chi connectivity index (χ0n) is 7.46. The third-order valence-electron chi connectivity index (χ3n) is 1.24. The van der Waals surface area contributed by atoms with Crippen LogP contribution in [0.25, 0.3) is 0 Å². The van der Waals surface area contributed by atoms with Crippen molar-refractivity contribution in [2.75, 3.05) is 0 Å². The van der Waals surface area contributed by atoms with E-state index >= 15 is 0 Å². The molecule has 0 N–H and O–H groups in total. The summed E-state index contributed by atoms with van der Waals surface area (Å²) in [7, 11) is -1.27. The summed E-state index contributed by atoms with van der Waals surface area (Å²) in [5.41, 5.74) is 0. The first kappa shape index (κ1) is 11.8. The highest BCUT2D eigenvalue weighted by Gasteiger charge is 2.15. The maximum atomic E-state index is 10.7. The lowest BCUT2D eigenvalue weighted by molar-refractivity contribution is -0.133. The molecule has 0 aliphatic rings. The Balaban J connectivity index is 3.65. The predicted octanol–water partition coefficient (Wildman–Crippen LogP) is 1.05. The van der Waals surface area contributed by atoms with Gasteiger partial charge in [0.25, 0.3) is 0 Å². The van der Waals surface area contributed by atoms with Crippen molar-refractivity contribution in [3.05, 3.63) is 0 Å². The molecule has 0 amide bonds. The van der Waals surface area contributed by atoms with Gasteiger partial charge in [0.1, 0.15) is 11.4 Å². The van der Waals surface area contributed by atoms with E-state index in [1.807, 2.05) is 0 Å². The van der Waals surface area contributed by atoms with Crippen molar-refractivity contribution in [1.29, 1.82) is 0 Å². The van der Waals surface area contributed by atoms with Gasteiger partial charge in [-0.2, -0.15) is 0 Å². The molecule has 0 heterocycles. The molecule has 12 heavy (non-hydrogen) atoms. The van der Waals surface area contributed by atoms with Gasteiger partial charge in [0.05, 0.1) is 0 Å². The molecule has 0 saturated carbocycles. The molecule has 0 aromatic carbocycles. The minimum absolute atomic E-state index is 0.198. The molecule has 6 heteroatoms. The first-order chi connectivity index (χ1) is 5.31. The maximum Gasteiger partial charge on any atom is 0.318 e. The second kappa shape index (κ2) is 4.73. The van der Waals surface area contributed by atoms with Gasteiger partial charge in [-0.1, -0.05) is 19.6 Å². The van der Waals surface area contributed by atoms with E-state index < -0.39 is 25.4 Å². The molecule has 1 unspecified atom stereocenters. The van der Waals surface area contributed by atoms with E-state index in [0.29, 0.717) is 0 Å². The third-order valence-corrected chi connectivity index (χ3v) is 3.31. The lowest BCUT2D eigenvalue weighted by Crippen LogP contribution is -2.21. The van der Waals surface area contributed by atoms with Crippen LogP contribution >= 0.6 is 0 Å². The van der Waals surface area contributed by atoms with Crippen molar-refractivity contribution in [3.8, 4) is 0 Å². The van der Waals surface area contributed by atoms with Crippen LogP contribution in [0, 0.1) is 0 Å². The van der Waals surface area contributed by atoms with Crippen LogP contribution < -0.4 is 0 Å². The standard InChI is InChI=1S/C6H14O4SSi/c1-12(2,3)5-4-6(7)10-11(8)9/h4-5H2,1-3H3,(H,8,9)/p-1. The highest BCUT2D eigenvalue weighted by molar-refractivity contribution is 7.74. The molecule has 1 atom stereocenters. The first-order valence-electron chi connectivity index (χ1n) is 3.62. The number of carbonyl (C=O) groups is 1. The van der Waals surface area contributed by atoms with Crippen molar-refractivity contribution < 1.29 is 17.7 Å². The van der Waals surface area contributed by atoms with E-state index in [2.05, 4.69) is 23.8 Å². The summed E-state index contributed by atoms with van der Waals surface area (Å²) >= 11 is -2.71. The molecular weight excluding hydrogens is 196 g/mol. The molecule has 0 bridgehead atoms. The quantitative estimate of drug-likeness (QED) is 0.513. The number of hydrogen-bond acceptors (Lipinski definition) is 4. The Morgan fingerprint density at radius 2 is 2.00 bits per heavy atom. The Bertz CT molecular complexity index is 186. The molecule has 0 saturated heterocycles. The predicted molar refractivity (Wildman–Crippen MR) is 47.8 cm³/mol. The van der Waals surface area contributed by atoms with Gasteiger partial charge in [0, 0.05) is 14.5 Å². The van der Waals surface area contributed by atoms with Crippen LogP contribution in [0.3, 0.4) is 0 Å². The first-order valence-corrected chi connectivity index (χ1v) is 8.32. The SMILES string of the molecule is C[Si](C)(C)CCC(=O)OS(=O)[O-]. The molecule has 0 aliphatic carbocycles. The summed E-state index contributed by atoms with van der Waals surface area (Å²) in [4.78, 5) is 10.7. The molecule has 0 radical (unpaired) electrons. The minimum atomic E-state index is -2.71. The number of rotatable bonds is 4. The van der Waals surface area contributed by atoms with E-state index in [1.54, 1.807) is 0 Å². The Labute approximate surface area is 75.8 Å². The van der Waals surface area contributed by atoms with Gasteiger partial charge in [-0.15, -0.1) is 0 Å². The van der Waals surface area contributed by atoms with Gasteiger partial charge in [-0.3, -0.25) is 4.79 Å². The van der Waals surface area contributed by atoms with Crippen molar-refractivity contribution in [2.24, 2.45) is 0 Å². The Morgan fingerprint density at radius 1 is 1.50 bits per heavy atom. The normalized spacial score (nSPS) is 14.0. The van der Waals surface area contributed by atoms with Gasteiger partial charge in [0.2, 0.25) is 0 Å². The van der Waals surface area contributed by atoms with Crippen LogP contribution in [-0.4, -0.2) is 22.8 Å². The third kappa shape index (κ3) is 7.90. The van der Waals surface area contributed by atoms with Gasteiger partial charge in [-0.05, 0) is 6.04 Å². The summed E-state index contributed by atoms with van der Waals surface area (Å²) in [6, 6.07) is 0.753. The van der Waals surface area contributed by atoms with Gasteiger partial charge in [-0.25, -0.2) is 4.21 Å². The zero-order valence-corrected chi connectivity index (χ0v) is 9.27. The summed E-state index contributed by atoms with van der Waals surface area (Å²) in [5.74, 6) is -0.661. The second-order valence-corrected chi connectivity index (χ2v) is 9.92. The summed E-state index contributed by atoms with van der Waals surface area (Å²) in [6.45, 7) is 6.32. The molecule has 0 fully saturated rings. The fraction of sp³-hybridized carbons (Fsp3) is 0.833. The van der Waals surface area contributed by atoms with Crippen LogP contribution in [-0.2, 0) is 20.3 Å². The molecule has 0 rings (SSSR count). The molecule has 0 aromatic rings. The van der Waals surface area contributed by atoms with E-state index in [4.69, 9.17) is 0 Å². The van der Waals surface area contributed by atoms with Gasteiger partial charge >= 0.3 is 5.97 Å². The van der Waals surface area contributed by atoms with E-state index in [-0.39, 0.29) is 6.42 Å². The molecular formula is C6H13O4SSi-. The Hall–Kier alpha value is -0.203. The van der Waals surface area contributed by atoms with Crippen molar-refractivity contribution in [2.45, 2.75) is 32.1 Å². The number of carbonyl (C=O) groups excluding carboxylic acids is 1. The minimum Gasteiger partial charge on any atom is -0.740 e. The fourth-order valence-corrected chi connectivity index (χ4v) is 1.78. The second-order valence-electron chi connectivity index (χ2n) is 3.72. The summed E-state index contributed by atoms with van der Waals surface area (Å²) in [6.07, 6.45) is 0.198. The highest BCUT2D eigenvalue weighted by Crippen LogP contribution is 2.11. The van der Waals surface area contributed by atoms with Crippen LogP contribution in [0.4, 0.5) is 0 Å². The van der Waals surface area contributed by atoms with Gasteiger partial charge in [0.15, 0.2) is 0 Å². The maximum absolute atomic E-state index is 10.7. The van der Waals surface area contributed by atoms with E-state index in [0.717, 1.165) is 6.04 Å². The van der Waals surface area contributed by atoms with Crippen molar-refractivity contribution in [3.63, 3.8) is 0 Å². The van der Waals surface area contributed by atoms with Crippen LogP contribution in [0.2, 0.25) is 25.7 Å². The Morgan fingerprint density at radius 3 is 2.33 bits per heavy atom. The van der Waals surface area contributed by atoms with Crippen molar-refractivity contribution >= 4 is 25.4 Å². The van der Waals surface area contributed by atoms with E-state index in [9.17, 15) is 13.6 Å². The van der Waals surface area contributed by atoms with Crippen molar-refractivity contribution in [1.82, 2.24) is 0 Å². The van der Waals surface area contributed by atoms with Gasteiger partial charge < -0.3 is 8.74 Å². The average molecular weight is 209 g/mol. The largest absolute Gasteiger partial charge is 0.740 e. The molecule has 0 aromatic heterocycles. The Kier molecular flexibility index (Phi) is 4.65. The lowest BCUT2D eigenvalue weighted by Gasteiger charge is -2.14. The van der Waals surface area contributed by atoms with Crippen LogP contribution in [0.15, 0.2) is 0 Å². The number of hydrogen-bond donors (Lipinski definition) is 0. The zero-order chi connectivity index (χ0) is 9.78. The summed E-state index contributed by atoms with van der Waals surface area (Å²) in [5, 5.41) is 0. The molecule has 0 aliphatic heterocycles. The lowest BCUT2D eigenvalue weighted by atomic mass is 10.5. The molecule has 4 nitrogen and oxygen atoms in total. The van der Waals surface area contributed by atoms with E-state index in [1.165, 1.54) is 0 Å². The smallest absolute Gasteiger partial charge is 0.318 e. The summed E-state index contributed by atoms with van der Waals surface area (Å²) < 4.78 is 23.8. The van der Waals surface area contributed by atoms with Crippen LogP contribution in [0.5, 0.6) is 0 Å². The van der Waals surface area contributed by atoms with Crippen LogP contribution in [0.1, 0.15) is 6.42 Å².